The molecule has 0 atom stereocenters. The summed E-state index contributed by atoms with van der Waals surface area (Å²) in [7, 11) is 0. The predicted octanol–water partition coefficient (Wildman–Crippen LogP) is 1.09. The van der Waals surface area contributed by atoms with Gasteiger partial charge in [-0.3, -0.25) is 4.98 Å². The summed E-state index contributed by atoms with van der Waals surface area (Å²) >= 11 is 0. The SMILES string of the molecule is CCNCc1ccc(OCC#N)cn1. The van der Waals surface area contributed by atoms with Crippen molar-refractivity contribution in [3.63, 3.8) is 0 Å². The van der Waals surface area contributed by atoms with Crippen molar-refractivity contribution < 1.29 is 4.74 Å². The second kappa shape index (κ2) is 5.95. The Labute approximate surface area is 83.5 Å². The number of nitrogens with zero attached hydrogens (tertiary/aromatic N) is 2. The van der Waals surface area contributed by atoms with Crippen molar-refractivity contribution in [2.75, 3.05) is 13.2 Å². The molecule has 0 bridgehead atoms. The fourth-order valence-corrected chi connectivity index (χ4v) is 0.970. The normalized spacial score (nSPS) is 9.43. The molecule has 1 aromatic heterocycles. The number of rotatable bonds is 5. The highest BCUT2D eigenvalue weighted by Crippen LogP contribution is 2.08. The van der Waals surface area contributed by atoms with Gasteiger partial charge < -0.3 is 10.1 Å². The molecule has 1 aromatic rings. The fraction of sp³-hybridized carbons (Fsp3) is 0.400. The summed E-state index contributed by atoms with van der Waals surface area (Å²) in [6, 6.07) is 5.60. The minimum absolute atomic E-state index is 0.0637. The van der Waals surface area contributed by atoms with Crippen LogP contribution in [0.25, 0.3) is 0 Å². The van der Waals surface area contributed by atoms with Gasteiger partial charge in [0.15, 0.2) is 6.61 Å². The maximum Gasteiger partial charge on any atom is 0.174 e. The average Bonchev–Trinajstić information content (AvgIpc) is 2.25. The number of aromatic nitrogens is 1. The summed E-state index contributed by atoms with van der Waals surface area (Å²) in [5.74, 6) is 0.631. The molecule has 0 saturated carbocycles. The van der Waals surface area contributed by atoms with Crippen LogP contribution in [0.4, 0.5) is 0 Å². The fourth-order valence-electron chi connectivity index (χ4n) is 0.970. The monoisotopic (exact) mass is 191 g/mol. The lowest BCUT2D eigenvalue weighted by Crippen LogP contribution is -2.12. The van der Waals surface area contributed by atoms with E-state index in [0.29, 0.717) is 5.75 Å². The van der Waals surface area contributed by atoms with E-state index in [-0.39, 0.29) is 6.61 Å². The molecule has 0 spiro atoms. The van der Waals surface area contributed by atoms with Crippen LogP contribution in [0.3, 0.4) is 0 Å². The van der Waals surface area contributed by atoms with E-state index in [9.17, 15) is 0 Å². The van der Waals surface area contributed by atoms with Gasteiger partial charge in [0.05, 0.1) is 11.9 Å². The van der Waals surface area contributed by atoms with Gasteiger partial charge in [-0.1, -0.05) is 6.92 Å². The predicted molar refractivity (Wildman–Crippen MR) is 52.7 cm³/mol. The molecule has 0 saturated heterocycles. The van der Waals surface area contributed by atoms with E-state index in [2.05, 4.69) is 10.3 Å². The van der Waals surface area contributed by atoms with Crippen LogP contribution in [-0.4, -0.2) is 18.1 Å². The molecule has 1 N–H and O–H groups in total. The largest absolute Gasteiger partial charge is 0.477 e. The zero-order valence-corrected chi connectivity index (χ0v) is 8.16. The summed E-state index contributed by atoms with van der Waals surface area (Å²) in [6.07, 6.45) is 1.63. The molecule has 74 valence electrons. The standard InChI is InChI=1S/C10H13N3O/c1-2-12-7-9-3-4-10(8-13-9)14-6-5-11/h3-4,8,12H,2,6-7H2,1H3. The molecule has 14 heavy (non-hydrogen) atoms. The molecule has 0 aliphatic heterocycles. The average molecular weight is 191 g/mol. The number of pyridine rings is 1. The van der Waals surface area contributed by atoms with Crippen LogP contribution in [-0.2, 0) is 6.54 Å². The van der Waals surface area contributed by atoms with Gasteiger partial charge in [-0.05, 0) is 18.7 Å². The van der Waals surface area contributed by atoms with Crippen LogP contribution in [0.15, 0.2) is 18.3 Å². The van der Waals surface area contributed by atoms with Crippen molar-refractivity contribution in [3.05, 3.63) is 24.0 Å². The maximum atomic E-state index is 8.29. The van der Waals surface area contributed by atoms with Crippen LogP contribution >= 0.6 is 0 Å². The van der Waals surface area contributed by atoms with Crippen LogP contribution in [0.2, 0.25) is 0 Å². The van der Waals surface area contributed by atoms with Crippen molar-refractivity contribution in [2.24, 2.45) is 0 Å². The van der Waals surface area contributed by atoms with Crippen molar-refractivity contribution in [3.8, 4) is 11.8 Å². The molecule has 1 heterocycles. The van der Waals surface area contributed by atoms with Crippen LogP contribution < -0.4 is 10.1 Å². The van der Waals surface area contributed by atoms with Crippen LogP contribution in [0.1, 0.15) is 12.6 Å². The molecule has 0 amide bonds. The Morgan fingerprint density at radius 1 is 1.57 bits per heavy atom. The summed E-state index contributed by atoms with van der Waals surface area (Å²) in [6.45, 7) is 3.79. The van der Waals surface area contributed by atoms with Gasteiger partial charge in [-0.15, -0.1) is 0 Å². The minimum atomic E-state index is 0.0637. The zero-order valence-electron chi connectivity index (χ0n) is 8.16. The van der Waals surface area contributed by atoms with E-state index in [1.807, 2.05) is 25.1 Å². The van der Waals surface area contributed by atoms with E-state index < -0.39 is 0 Å². The first-order valence-electron chi connectivity index (χ1n) is 4.52. The lowest BCUT2D eigenvalue weighted by molar-refractivity contribution is 0.366. The molecule has 0 radical (unpaired) electrons. The first-order valence-corrected chi connectivity index (χ1v) is 4.52. The van der Waals surface area contributed by atoms with Gasteiger partial charge in [0, 0.05) is 6.54 Å². The Hall–Kier alpha value is -1.60. The smallest absolute Gasteiger partial charge is 0.174 e. The lowest BCUT2D eigenvalue weighted by atomic mass is 10.3. The van der Waals surface area contributed by atoms with Crippen molar-refractivity contribution in [1.82, 2.24) is 10.3 Å². The van der Waals surface area contributed by atoms with E-state index in [0.717, 1.165) is 18.8 Å². The third kappa shape index (κ3) is 3.42. The van der Waals surface area contributed by atoms with E-state index in [4.69, 9.17) is 10.00 Å². The van der Waals surface area contributed by atoms with Gasteiger partial charge in [0.1, 0.15) is 11.8 Å². The van der Waals surface area contributed by atoms with Gasteiger partial charge in [0.2, 0.25) is 0 Å². The first-order chi connectivity index (χ1) is 6.86. The van der Waals surface area contributed by atoms with E-state index in [1.165, 1.54) is 0 Å². The topological polar surface area (TPSA) is 57.9 Å². The van der Waals surface area contributed by atoms with Crippen LogP contribution in [0, 0.1) is 11.3 Å². The van der Waals surface area contributed by atoms with E-state index in [1.54, 1.807) is 6.20 Å². The Bertz CT molecular complexity index is 302. The molecule has 0 aliphatic rings. The highest BCUT2D eigenvalue weighted by molar-refractivity contribution is 5.20. The summed E-state index contributed by atoms with van der Waals surface area (Å²) < 4.78 is 5.07. The molecular formula is C10H13N3O. The number of hydrogen-bond donors (Lipinski definition) is 1. The minimum Gasteiger partial charge on any atom is -0.477 e. The molecule has 0 aliphatic carbocycles. The van der Waals surface area contributed by atoms with E-state index >= 15 is 0 Å². The number of hydrogen-bond acceptors (Lipinski definition) is 4. The molecule has 0 aromatic carbocycles. The highest BCUT2D eigenvalue weighted by atomic mass is 16.5. The quantitative estimate of drug-likeness (QED) is 0.757. The summed E-state index contributed by atoms with van der Waals surface area (Å²) in [5, 5.41) is 11.5. The molecule has 1 rings (SSSR count). The second-order valence-electron chi connectivity index (χ2n) is 2.71. The van der Waals surface area contributed by atoms with Crippen molar-refractivity contribution in [2.45, 2.75) is 13.5 Å². The number of nitrogens with one attached hydrogen (secondary N) is 1. The van der Waals surface area contributed by atoms with Crippen molar-refractivity contribution in [1.29, 1.82) is 5.26 Å². The summed E-state index contributed by atoms with van der Waals surface area (Å²) in [5.41, 5.74) is 0.969. The Kier molecular flexibility index (Phi) is 4.45. The molecule has 0 fully saturated rings. The van der Waals surface area contributed by atoms with Gasteiger partial charge in [-0.2, -0.15) is 5.26 Å². The number of nitriles is 1. The van der Waals surface area contributed by atoms with Gasteiger partial charge in [0.25, 0.3) is 0 Å². The molecule has 0 unspecified atom stereocenters. The number of ether oxygens (including phenoxy) is 1. The molecular weight excluding hydrogens is 178 g/mol. The second-order valence-corrected chi connectivity index (χ2v) is 2.71. The molecule has 4 heteroatoms. The summed E-state index contributed by atoms with van der Waals surface area (Å²) in [4.78, 5) is 4.17. The third-order valence-electron chi connectivity index (χ3n) is 1.66. The van der Waals surface area contributed by atoms with Crippen molar-refractivity contribution >= 4 is 0 Å². The maximum absolute atomic E-state index is 8.29. The zero-order chi connectivity index (χ0) is 10.2. The lowest BCUT2D eigenvalue weighted by Gasteiger charge is -2.03. The Morgan fingerprint density at radius 3 is 3.00 bits per heavy atom. The van der Waals surface area contributed by atoms with Gasteiger partial charge in [-0.25, -0.2) is 0 Å². The van der Waals surface area contributed by atoms with Gasteiger partial charge >= 0.3 is 0 Å². The first kappa shape index (κ1) is 10.5. The highest BCUT2D eigenvalue weighted by Gasteiger charge is 1.95. The van der Waals surface area contributed by atoms with Crippen LogP contribution in [0.5, 0.6) is 5.75 Å². The molecule has 4 nitrogen and oxygen atoms in total. The Balaban J connectivity index is 2.47. The Morgan fingerprint density at radius 2 is 2.43 bits per heavy atom. The third-order valence-corrected chi connectivity index (χ3v) is 1.66.